The Morgan fingerprint density at radius 2 is 1.93 bits per heavy atom. The fourth-order valence-electron chi connectivity index (χ4n) is 6.96. The van der Waals surface area contributed by atoms with Crippen LogP contribution in [-0.4, -0.2) is 36.2 Å². The second-order valence-electron chi connectivity index (χ2n) is 9.52. The van der Waals surface area contributed by atoms with Crippen molar-refractivity contribution < 1.29 is 9.59 Å². The number of hydrogen-bond acceptors (Lipinski definition) is 3. The van der Waals surface area contributed by atoms with Crippen LogP contribution in [0.15, 0.2) is 23.9 Å². The SMILES string of the molecule is CCN(CC)C(=O)[C@H]1CC[C@H]2[C@@H]3CNC4=CC(=O)C=C[C@]4(C)[C@H]3CC[C@]12C. The molecule has 4 rings (SSSR count). The van der Waals surface area contributed by atoms with E-state index in [0.717, 1.165) is 51.0 Å². The standard InChI is InChI=1S/C23H34N2O2/c1-5-25(6-2)21(27)19-8-7-17-16-14-24-20-13-15(26)9-11-23(20,4)18(16)10-12-22(17,19)3/h9,11,13,16-19,24H,5-8,10,12,14H2,1-4H3/t16-,17-,18-,19+,22-,23+/m0/s1. The van der Waals surface area contributed by atoms with Crippen LogP contribution in [0, 0.1) is 34.5 Å². The molecule has 1 heterocycles. The predicted octanol–water partition coefficient (Wildman–Crippen LogP) is 3.55. The third kappa shape index (κ3) is 2.62. The number of fused-ring (bicyclic) bond motifs is 5. The van der Waals surface area contributed by atoms with Gasteiger partial charge in [-0.15, -0.1) is 0 Å². The van der Waals surface area contributed by atoms with Crippen LogP contribution >= 0.6 is 0 Å². The van der Waals surface area contributed by atoms with Gasteiger partial charge in [-0.3, -0.25) is 9.59 Å². The Morgan fingerprint density at radius 1 is 1.19 bits per heavy atom. The fraction of sp³-hybridized carbons (Fsp3) is 0.739. The number of nitrogens with one attached hydrogen (secondary N) is 1. The zero-order chi connectivity index (χ0) is 19.4. The van der Waals surface area contributed by atoms with Gasteiger partial charge in [-0.25, -0.2) is 0 Å². The van der Waals surface area contributed by atoms with Crippen molar-refractivity contribution >= 4 is 11.7 Å². The molecule has 4 nitrogen and oxygen atoms in total. The zero-order valence-corrected chi connectivity index (χ0v) is 17.3. The molecular formula is C23H34N2O2. The van der Waals surface area contributed by atoms with Crippen molar-refractivity contribution in [2.75, 3.05) is 19.6 Å². The number of nitrogens with zero attached hydrogens (tertiary/aromatic N) is 1. The molecule has 3 fully saturated rings. The molecule has 0 aromatic carbocycles. The number of piperidine rings is 1. The highest BCUT2D eigenvalue weighted by molar-refractivity contribution is 6.01. The third-order valence-corrected chi connectivity index (χ3v) is 8.57. The first-order chi connectivity index (χ1) is 12.8. The minimum absolute atomic E-state index is 0.0564. The molecular weight excluding hydrogens is 336 g/mol. The Balaban J connectivity index is 1.61. The van der Waals surface area contributed by atoms with E-state index in [1.807, 2.05) is 4.90 Å². The summed E-state index contributed by atoms with van der Waals surface area (Å²) in [5.74, 6) is 2.39. The molecule has 0 aromatic heterocycles. The molecule has 148 valence electrons. The molecule has 0 bridgehead atoms. The number of allylic oxidation sites excluding steroid dienone is 3. The Labute approximate surface area is 163 Å². The molecule has 1 amide bonds. The van der Waals surface area contributed by atoms with Crippen molar-refractivity contribution in [3.63, 3.8) is 0 Å². The average Bonchev–Trinajstić information content (AvgIpc) is 3.00. The maximum atomic E-state index is 13.2. The van der Waals surface area contributed by atoms with Crippen molar-refractivity contribution in [3.05, 3.63) is 23.9 Å². The summed E-state index contributed by atoms with van der Waals surface area (Å²) in [6, 6.07) is 0. The molecule has 1 saturated heterocycles. The van der Waals surface area contributed by atoms with Gasteiger partial charge >= 0.3 is 0 Å². The lowest BCUT2D eigenvalue weighted by Gasteiger charge is -2.57. The van der Waals surface area contributed by atoms with E-state index < -0.39 is 0 Å². The highest BCUT2D eigenvalue weighted by Crippen LogP contribution is 2.63. The maximum absolute atomic E-state index is 13.2. The van der Waals surface area contributed by atoms with E-state index in [2.05, 4.69) is 39.1 Å². The fourth-order valence-corrected chi connectivity index (χ4v) is 6.96. The van der Waals surface area contributed by atoms with Gasteiger partial charge in [-0.1, -0.05) is 19.9 Å². The summed E-state index contributed by atoms with van der Waals surface area (Å²) in [6.45, 7) is 11.4. The zero-order valence-electron chi connectivity index (χ0n) is 17.3. The van der Waals surface area contributed by atoms with E-state index in [1.54, 1.807) is 12.2 Å². The topological polar surface area (TPSA) is 49.4 Å². The van der Waals surface area contributed by atoms with Gasteiger partial charge in [0.05, 0.1) is 0 Å². The second kappa shape index (κ2) is 6.49. The quantitative estimate of drug-likeness (QED) is 0.827. The van der Waals surface area contributed by atoms with Crippen LogP contribution < -0.4 is 5.32 Å². The summed E-state index contributed by atoms with van der Waals surface area (Å²) in [5.41, 5.74) is 1.17. The third-order valence-electron chi connectivity index (χ3n) is 8.57. The number of amides is 1. The van der Waals surface area contributed by atoms with Crippen molar-refractivity contribution in [2.45, 2.75) is 53.4 Å². The lowest BCUT2D eigenvalue weighted by Crippen LogP contribution is -2.56. The minimum atomic E-state index is -0.0564. The molecule has 0 unspecified atom stereocenters. The van der Waals surface area contributed by atoms with Gasteiger partial charge in [0.25, 0.3) is 0 Å². The van der Waals surface area contributed by atoms with Gasteiger partial charge in [0.2, 0.25) is 5.91 Å². The number of carbonyl (C=O) groups is 2. The van der Waals surface area contributed by atoms with Crippen molar-refractivity contribution in [2.24, 2.45) is 34.5 Å². The number of hydrogen-bond donors (Lipinski definition) is 1. The maximum Gasteiger partial charge on any atom is 0.226 e. The summed E-state index contributed by atoms with van der Waals surface area (Å²) < 4.78 is 0. The van der Waals surface area contributed by atoms with E-state index in [-0.39, 0.29) is 22.5 Å². The van der Waals surface area contributed by atoms with Crippen molar-refractivity contribution in [1.82, 2.24) is 10.2 Å². The highest BCUT2D eigenvalue weighted by atomic mass is 16.2. The van der Waals surface area contributed by atoms with Crippen LogP contribution in [0.25, 0.3) is 0 Å². The number of carbonyl (C=O) groups excluding carboxylic acids is 2. The van der Waals surface area contributed by atoms with Gasteiger partial charge in [-0.2, -0.15) is 0 Å². The molecule has 1 N–H and O–H groups in total. The van der Waals surface area contributed by atoms with Crippen molar-refractivity contribution in [3.8, 4) is 0 Å². The Kier molecular flexibility index (Phi) is 4.51. The smallest absolute Gasteiger partial charge is 0.226 e. The molecule has 0 aromatic rings. The average molecular weight is 371 g/mol. The van der Waals surface area contributed by atoms with Crippen LogP contribution in [-0.2, 0) is 9.59 Å². The summed E-state index contributed by atoms with van der Waals surface area (Å²) >= 11 is 0. The largest absolute Gasteiger partial charge is 0.387 e. The monoisotopic (exact) mass is 370 g/mol. The van der Waals surface area contributed by atoms with Crippen LogP contribution in [0.5, 0.6) is 0 Å². The van der Waals surface area contributed by atoms with Gasteiger partial charge in [0.15, 0.2) is 5.78 Å². The number of rotatable bonds is 3. The molecule has 3 aliphatic carbocycles. The van der Waals surface area contributed by atoms with Crippen LogP contribution in [0.3, 0.4) is 0 Å². The Morgan fingerprint density at radius 3 is 2.63 bits per heavy atom. The first kappa shape index (κ1) is 18.8. The lowest BCUT2D eigenvalue weighted by atomic mass is 9.50. The normalized spacial score (nSPS) is 42.5. The van der Waals surface area contributed by atoms with E-state index in [9.17, 15) is 9.59 Å². The minimum Gasteiger partial charge on any atom is -0.387 e. The molecule has 6 atom stereocenters. The number of ketones is 1. The van der Waals surface area contributed by atoms with Crippen LogP contribution in [0.1, 0.15) is 53.4 Å². The molecule has 27 heavy (non-hydrogen) atoms. The van der Waals surface area contributed by atoms with Crippen LogP contribution in [0.2, 0.25) is 0 Å². The molecule has 0 radical (unpaired) electrons. The first-order valence-electron chi connectivity index (χ1n) is 10.8. The van der Waals surface area contributed by atoms with Crippen LogP contribution in [0.4, 0.5) is 0 Å². The van der Waals surface area contributed by atoms with E-state index in [4.69, 9.17) is 0 Å². The van der Waals surface area contributed by atoms with E-state index in [1.165, 1.54) is 0 Å². The van der Waals surface area contributed by atoms with Gasteiger partial charge in [0, 0.05) is 42.7 Å². The van der Waals surface area contributed by atoms with Gasteiger partial charge in [0.1, 0.15) is 0 Å². The molecule has 0 spiro atoms. The first-order valence-corrected chi connectivity index (χ1v) is 10.8. The lowest BCUT2D eigenvalue weighted by molar-refractivity contribution is -0.141. The summed E-state index contributed by atoms with van der Waals surface area (Å²) in [6.07, 6.45) is 10.2. The van der Waals surface area contributed by atoms with E-state index >= 15 is 0 Å². The van der Waals surface area contributed by atoms with Gasteiger partial charge < -0.3 is 10.2 Å². The van der Waals surface area contributed by atoms with Crippen molar-refractivity contribution in [1.29, 1.82) is 0 Å². The second-order valence-corrected chi connectivity index (χ2v) is 9.52. The summed E-state index contributed by atoms with van der Waals surface area (Å²) in [5, 5.41) is 3.60. The molecule has 4 aliphatic rings. The summed E-state index contributed by atoms with van der Waals surface area (Å²) in [4.78, 5) is 27.1. The Bertz CT molecular complexity index is 707. The Hall–Kier alpha value is -1.58. The molecule has 1 aliphatic heterocycles. The predicted molar refractivity (Wildman–Crippen MR) is 107 cm³/mol. The summed E-state index contributed by atoms with van der Waals surface area (Å²) in [7, 11) is 0. The van der Waals surface area contributed by atoms with E-state index in [0.29, 0.717) is 23.7 Å². The molecule has 4 heteroatoms. The van der Waals surface area contributed by atoms with Gasteiger partial charge in [-0.05, 0) is 68.8 Å². The highest BCUT2D eigenvalue weighted by Gasteiger charge is 2.60. The molecule has 2 saturated carbocycles.